The van der Waals surface area contributed by atoms with Crippen LogP contribution in [0.15, 0.2) is 164 Å². The van der Waals surface area contributed by atoms with Crippen LogP contribution in [0.25, 0.3) is 93.2 Å². The van der Waals surface area contributed by atoms with Gasteiger partial charge in [-0.1, -0.05) is 91.0 Å². The van der Waals surface area contributed by atoms with Gasteiger partial charge in [-0.2, -0.15) is 15.8 Å². The van der Waals surface area contributed by atoms with E-state index in [9.17, 15) is 15.8 Å². The molecule has 0 unspecified atom stereocenters. The van der Waals surface area contributed by atoms with E-state index in [0.29, 0.717) is 22.4 Å². The van der Waals surface area contributed by atoms with Crippen molar-refractivity contribution in [3.8, 4) is 63.0 Å². The van der Waals surface area contributed by atoms with Gasteiger partial charge in [0, 0.05) is 27.1 Å². The summed E-state index contributed by atoms with van der Waals surface area (Å²) in [4.78, 5) is 3.57. The molecule has 0 saturated heterocycles. The first-order chi connectivity index (χ1) is 29.0. The van der Waals surface area contributed by atoms with E-state index < -0.39 is 0 Å². The molecular formula is C53H30N6. The number of para-hydroxylation sites is 2. The van der Waals surface area contributed by atoms with Gasteiger partial charge in [-0.15, -0.1) is 0 Å². The van der Waals surface area contributed by atoms with Crippen LogP contribution in [0.5, 0.6) is 0 Å². The molecule has 0 saturated carbocycles. The minimum absolute atomic E-state index is 0.495. The predicted octanol–water partition coefficient (Wildman–Crippen LogP) is 13.4. The summed E-state index contributed by atoms with van der Waals surface area (Å²) in [6, 6.07) is 61.8. The molecule has 10 rings (SSSR count). The lowest BCUT2D eigenvalue weighted by molar-refractivity contribution is 1.13. The molecule has 272 valence electrons. The van der Waals surface area contributed by atoms with Crippen LogP contribution in [0.2, 0.25) is 0 Å². The van der Waals surface area contributed by atoms with Crippen LogP contribution in [0.1, 0.15) is 22.3 Å². The minimum atomic E-state index is 0.495. The Labute approximate surface area is 340 Å². The van der Waals surface area contributed by atoms with Gasteiger partial charge in [-0.25, -0.2) is 4.85 Å². The van der Waals surface area contributed by atoms with Gasteiger partial charge in [0.25, 0.3) is 0 Å². The number of rotatable bonds is 5. The number of aryl methyl sites for hydroxylation is 1. The zero-order valence-electron chi connectivity index (χ0n) is 31.8. The third kappa shape index (κ3) is 5.69. The predicted molar refractivity (Wildman–Crippen MR) is 237 cm³/mol. The number of hydrogen-bond donors (Lipinski definition) is 0. The van der Waals surface area contributed by atoms with E-state index in [2.05, 4.69) is 98.9 Å². The quantitative estimate of drug-likeness (QED) is 0.164. The molecule has 6 heteroatoms. The number of nitrogens with zero attached hydrogens (tertiary/aromatic N) is 6. The van der Waals surface area contributed by atoms with E-state index in [4.69, 9.17) is 6.57 Å². The Balaban J connectivity index is 1.31. The van der Waals surface area contributed by atoms with Crippen LogP contribution in [0, 0.1) is 47.5 Å². The summed E-state index contributed by atoms with van der Waals surface area (Å²) >= 11 is 0. The van der Waals surface area contributed by atoms with E-state index in [0.717, 1.165) is 93.9 Å². The fraction of sp³-hybridized carbons (Fsp3) is 0.0189. The van der Waals surface area contributed by atoms with E-state index in [1.54, 1.807) is 0 Å². The number of benzene rings is 8. The van der Waals surface area contributed by atoms with E-state index >= 15 is 0 Å². The van der Waals surface area contributed by atoms with Crippen molar-refractivity contribution in [3.63, 3.8) is 0 Å². The highest BCUT2D eigenvalue weighted by Crippen LogP contribution is 2.44. The first kappa shape index (κ1) is 34.8. The van der Waals surface area contributed by atoms with Crippen molar-refractivity contribution in [2.24, 2.45) is 0 Å². The summed E-state index contributed by atoms with van der Waals surface area (Å²) in [6.45, 7) is 9.42. The molecule has 0 N–H and O–H groups in total. The topological polar surface area (TPSA) is 85.6 Å². The van der Waals surface area contributed by atoms with Crippen LogP contribution >= 0.6 is 0 Å². The second-order valence-corrected chi connectivity index (χ2v) is 14.7. The number of nitriles is 3. The van der Waals surface area contributed by atoms with Crippen molar-refractivity contribution in [2.45, 2.75) is 6.92 Å². The summed E-state index contributed by atoms with van der Waals surface area (Å²) in [5.74, 6) is 0. The molecule has 0 amide bonds. The van der Waals surface area contributed by atoms with Gasteiger partial charge in [0.05, 0.1) is 74.9 Å². The van der Waals surface area contributed by atoms with Crippen LogP contribution in [0.3, 0.4) is 0 Å². The third-order valence-corrected chi connectivity index (χ3v) is 11.2. The average Bonchev–Trinajstić information content (AvgIpc) is 3.80. The van der Waals surface area contributed by atoms with Crippen molar-refractivity contribution >= 4 is 49.3 Å². The third-order valence-electron chi connectivity index (χ3n) is 11.2. The normalized spacial score (nSPS) is 11.1. The van der Waals surface area contributed by atoms with Crippen LogP contribution < -0.4 is 0 Å². The first-order valence-electron chi connectivity index (χ1n) is 19.1. The van der Waals surface area contributed by atoms with Crippen LogP contribution in [-0.4, -0.2) is 9.13 Å². The van der Waals surface area contributed by atoms with Gasteiger partial charge in [0.1, 0.15) is 0 Å². The van der Waals surface area contributed by atoms with Gasteiger partial charge >= 0.3 is 0 Å². The zero-order valence-corrected chi connectivity index (χ0v) is 31.8. The van der Waals surface area contributed by atoms with Crippen molar-refractivity contribution in [1.82, 2.24) is 9.13 Å². The summed E-state index contributed by atoms with van der Waals surface area (Å²) in [6.07, 6.45) is 0. The fourth-order valence-corrected chi connectivity index (χ4v) is 8.61. The molecule has 0 aliphatic rings. The highest BCUT2D eigenvalue weighted by Gasteiger charge is 2.24. The molecule has 6 nitrogen and oxygen atoms in total. The van der Waals surface area contributed by atoms with Crippen molar-refractivity contribution < 1.29 is 0 Å². The lowest BCUT2D eigenvalue weighted by Crippen LogP contribution is -2.05. The first-order valence-corrected chi connectivity index (χ1v) is 19.1. The number of aromatic nitrogens is 2. The second kappa shape index (κ2) is 13.8. The average molecular weight is 751 g/mol. The zero-order chi connectivity index (χ0) is 40.2. The molecule has 59 heavy (non-hydrogen) atoms. The van der Waals surface area contributed by atoms with Gasteiger partial charge in [-0.05, 0) is 113 Å². The Kier molecular flexibility index (Phi) is 8.14. The second-order valence-electron chi connectivity index (χ2n) is 14.7. The maximum atomic E-state index is 10.8. The Morgan fingerprint density at radius 1 is 0.424 bits per heavy atom. The van der Waals surface area contributed by atoms with E-state index in [1.165, 1.54) is 0 Å². The van der Waals surface area contributed by atoms with Gasteiger partial charge in [-0.3, -0.25) is 0 Å². The highest BCUT2D eigenvalue weighted by atomic mass is 15.0. The molecule has 0 atom stereocenters. The van der Waals surface area contributed by atoms with Crippen molar-refractivity contribution in [2.75, 3.05) is 0 Å². The summed E-state index contributed by atoms with van der Waals surface area (Å²) in [5, 5.41) is 34.7. The molecule has 0 aliphatic heterocycles. The maximum absolute atomic E-state index is 10.8. The summed E-state index contributed by atoms with van der Waals surface area (Å²) < 4.78 is 4.50. The number of fused-ring (bicyclic) bond motifs is 6. The fourth-order valence-electron chi connectivity index (χ4n) is 8.61. The molecule has 0 fully saturated rings. The monoisotopic (exact) mass is 750 g/mol. The molecular weight excluding hydrogens is 721 g/mol. The smallest absolute Gasteiger partial charge is 0.187 e. The van der Waals surface area contributed by atoms with Crippen molar-refractivity contribution in [1.29, 1.82) is 15.8 Å². The maximum Gasteiger partial charge on any atom is 0.187 e. The number of hydrogen-bond acceptors (Lipinski definition) is 3. The standard InChI is InChI=1S/C53H30N6/c1-33-23-35(31-55)25-41(24-33)53-51(58-47-9-5-3-7-43(47)45-28-39(17-21-49(45)58)37-13-11-34(30-54)12-14-37)26-36(32-56)27-52(53)59-48-10-6-4-8-44(48)46-29-40(18-22-50(46)59)38-15-19-42(57-2)20-16-38/h3-29H,1H3. The van der Waals surface area contributed by atoms with Gasteiger partial charge in [0.2, 0.25) is 0 Å². The lowest BCUT2D eigenvalue weighted by Gasteiger charge is -2.21. The van der Waals surface area contributed by atoms with Crippen LogP contribution in [0.4, 0.5) is 5.69 Å². The molecule has 0 spiro atoms. The molecule has 0 radical (unpaired) electrons. The van der Waals surface area contributed by atoms with Gasteiger partial charge in [0.15, 0.2) is 5.69 Å². The molecule has 10 aromatic rings. The molecule has 0 bridgehead atoms. The summed E-state index contributed by atoms with van der Waals surface area (Å²) in [7, 11) is 0. The van der Waals surface area contributed by atoms with Gasteiger partial charge < -0.3 is 9.13 Å². The van der Waals surface area contributed by atoms with E-state index in [1.807, 2.05) is 104 Å². The Morgan fingerprint density at radius 3 is 1.39 bits per heavy atom. The SMILES string of the molecule is [C-]#[N+]c1ccc(-c2ccc3c(c2)c2ccccc2n3-c2cc(C#N)cc(-n3c4ccccc4c4cc(-c5ccc(C#N)cc5)ccc43)c2-c2cc(C)cc(C#N)c2)cc1. The molecule has 2 aromatic heterocycles. The minimum Gasteiger partial charge on any atom is -0.308 e. The summed E-state index contributed by atoms with van der Waals surface area (Å²) in [5.41, 5.74) is 14.5. The van der Waals surface area contributed by atoms with E-state index in [-0.39, 0.29) is 0 Å². The molecule has 0 aliphatic carbocycles. The Hall–Kier alpha value is -8.68. The Bertz CT molecular complexity index is 3340. The lowest BCUT2D eigenvalue weighted by atomic mass is 9.95. The van der Waals surface area contributed by atoms with Crippen LogP contribution in [-0.2, 0) is 0 Å². The van der Waals surface area contributed by atoms with Crippen molar-refractivity contribution in [3.05, 3.63) is 197 Å². The highest BCUT2D eigenvalue weighted by molar-refractivity contribution is 6.13. The largest absolute Gasteiger partial charge is 0.308 e. The molecule has 2 heterocycles. The molecule has 8 aromatic carbocycles. The Morgan fingerprint density at radius 2 is 0.881 bits per heavy atom.